The molecular formula is C24H24ClF2N3O4. The van der Waals surface area contributed by atoms with Crippen molar-refractivity contribution in [3.8, 4) is 5.75 Å². The largest absolute Gasteiger partial charge is 0.434 e. The highest BCUT2D eigenvalue weighted by Crippen LogP contribution is 2.32. The van der Waals surface area contributed by atoms with E-state index in [0.717, 1.165) is 6.42 Å². The highest BCUT2D eigenvalue weighted by atomic mass is 35.5. The van der Waals surface area contributed by atoms with Gasteiger partial charge in [-0.25, -0.2) is 0 Å². The summed E-state index contributed by atoms with van der Waals surface area (Å²) in [6.07, 6.45) is 2.45. The molecule has 2 heterocycles. The Kier molecular flexibility index (Phi) is 7.31. The third-order valence-electron chi connectivity index (χ3n) is 5.99. The van der Waals surface area contributed by atoms with Crippen molar-refractivity contribution < 1.29 is 27.9 Å². The first-order chi connectivity index (χ1) is 16.3. The summed E-state index contributed by atoms with van der Waals surface area (Å²) >= 11 is 6.36. The van der Waals surface area contributed by atoms with Gasteiger partial charge in [0.05, 0.1) is 22.2 Å². The van der Waals surface area contributed by atoms with Crippen LogP contribution in [-0.2, 0) is 9.59 Å². The van der Waals surface area contributed by atoms with Crippen LogP contribution in [0.15, 0.2) is 42.5 Å². The number of amides is 3. The van der Waals surface area contributed by atoms with Crippen LogP contribution in [0.1, 0.15) is 36.0 Å². The van der Waals surface area contributed by atoms with Crippen molar-refractivity contribution in [2.24, 2.45) is 5.92 Å². The number of hydrogen-bond acceptors (Lipinski definition) is 4. The van der Waals surface area contributed by atoms with E-state index in [1.54, 1.807) is 29.2 Å². The second-order valence-corrected chi connectivity index (χ2v) is 8.68. The molecule has 1 unspecified atom stereocenters. The minimum absolute atomic E-state index is 0.0196. The average Bonchev–Trinajstić information content (AvgIpc) is 3.24. The van der Waals surface area contributed by atoms with Gasteiger partial charge in [0, 0.05) is 31.7 Å². The lowest BCUT2D eigenvalue weighted by atomic mass is 9.96. The summed E-state index contributed by atoms with van der Waals surface area (Å²) in [7, 11) is 0. The number of alkyl halides is 2. The Labute approximate surface area is 200 Å². The summed E-state index contributed by atoms with van der Waals surface area (Å²) in [5.41, 5.74) is 1.13. The molecule has 34 heavy (non-hydrogen) atoms. The first-order valence-corrected chi connectivity index (χ1v) is 11.4. The molecule has 2 saturated heterocycles. The molecule has 7 nitrogen and oxygen atoms in total. The first kappa shape index (κ1) is 23.9. The molecule has 2 aromatic carbocycles. The van der Waals surface area contributed by atoms with Gasteiger partial charge in [0.25, 0.3) is 5.91 Å². The normalized spacial score (nSPS) is 18.4. The average molecular weight is 492 g/mol. The molecule has 0 bridgehead atoms. The predicted octanol–water partition coefficient (Wildman–Crippen LogP) is 4.56. The summed E-state index contributed by atoms with van der Waals surface area (Å²) in [4.78, 5) is 41.0. The molecule has 2 aliphatic rings. The van der Waals surface area contributed by atoms with Crippen LogP contribution in [0.2, 0.25) is 5.02 Å². The van der Waals surface area contributed by atoms with Gasteiger partial charge < -0.3 is 19.9 Å². The molecule has 4 rings (SSSR count). The lowest BCUT2D eigenvalue weighted by Gasteiger charge is -2.32. The van der Waals surface area contributed by atoms with Crippen LogP contribution in [0.3, 0.4) is 0 Å². The van der Waals surface area contributed by atoms with Crippen molar-refractivity contribution in [1.29, 1.82) is 0 Å². The van der Waals surface area contributed by atoms with E-state index in [-0.39, 0.29) is 29.7 Å². The number of benzene rings is 2. The molecule has 180 valence electrons. The molecule has 10 heteroatoms. The highest BCUT2D eigenvalue weighted by molar-refractivity contribution is 6.34. The van der Waals surface area contributed by atoms with Crippen molar-refractivity contribution in [3.63, 3.8) is 0 Å². The molecule has 2 aromatic rings. The fourth-order valence-electron chi connectivity index (χ4n) is 4.34. The number of halogens is 3. The van der Waals surface area contributed by atoms with Crippen LogP contribution in [0, 0.1) is 5.92 Å². The lowest BCUT2D eigenvalue weighted by molar-refractivity contribution is -0.121. The maximum Gasteiger partial charge on any atom is 0.387 e. The van der Waals surface area contributed by atoms with Crippen LogP contribution in [0.4, 0.5) is 20.2 Å². The third kappa shape index (κ3) is 5.30. The molecule has 0 radical (unpaired) electrons. The van der Waals surface area contributed by atoms with Crippen molar-refractivity contribution in [3.05, 3.63) is 53.1 Å². The zero-order chi connectivity index (χ0) is 24.2. The van der Waals surface area contributed by atoms with Crippen LogP contribution in [0.5, 0.6) is 5.75 Å². The zero-order valence-electron chi connectivity index (χ0n) is 18.3. The molecule has 0 aliphatic carbocycles. The van der Waals surface area contributed by atoms with E-state index < -0.39 is 18.4 Å². The number of piperidine rings is 1. The predicted molar refractivity (Wildman–Crippen MR) is 123 cm³/mol. The van der Waals surface area contributed by atoms with Crippen LogP contribution >= 0.6 is 11.6 Å². The first-order valence-electron chi connectivity index (χ1n) is 11.1. The maximum atomic E-state index is 13.0. The summed E-state index contributed by atoms with van der Waals surface area (Å²) in [6, 6.07) is 10.8. The van der Waals surface area contributed by atoms with Gasteiger partial charge in [0.2, 0.25) is 11.8 Å². The third-order valence-corrected chi connectivity index (χ3v) is 6.30. The summed E-state index contributed by atoms with van der Waals surface area (Å²) in [5.74, 6) is -1.38. The van der Waals surface area contributed by atoms with E-state index in [9.17, 15) is 23.2 Å². The van der Waals surface area contributed by atoms with Crippen LogP contribution < -0.4 is 15.0 Å². The Morgan fingerprint density at radius 2 is 1.91 bits per heavy atom. The lowest BCUT2D eigenvalue weighted by Crippen LogP contribution is -2.43. The number of rotatable bonds is 6. The van der Waals surface area contributed by atoms with Gasteiger partial charge >= 0.3 is 6.61 Å². The number of carbonyl (C=O) groups excluding carboxylic acids is 3. The van der Waals surface area contributed by atoms with E-state index in [1.807, 2.05) is 0 Å². The Morgan fingerprint density at radius 1 is 1.12 bits per heavy atom. The summed E-state index contributed by atoms with van der Waals surface area (Å²) < 4.78 is 29.9. The molecule has 2 aliphatic heterocycles. The van der Waals surface area contributed by atoms with E-state index >= 15 is 0 Å². The monoisotopic (exact) mass is 491 g/mol. The second-order valence-electron chi connectivity index (χ2n) is 8.27. The number of carbonyl (C=O) groups is 3. The van der Waals surface area contributed by atoms with Gasteiger partial charge in [-0.2, -0.15) is 8.78 Å². The molecule has 1 atom stereocenters. The molecule has 0 saturated carbocycles. The number of likely N-dealkylation sites (tertiary alicyclic amines) is 1. The Bertz CT molecular complexity index is 1100. The number of nitrogens with one attached hydrogen (secondary N) is 1. The minimum atomic E-state index is -3.05. The Hall–Kier alpha value is -3.20. The van der Waals surface area contributed by atoms with Crippen LogP contribution in [-0.4, -0.2) is 48.9 Å². The molecule has 1 N–H and O–H groups in total. The van der Waals surface area contributed by atoms with E-state index in [4.69, 9.17) is 11.6 Å². The maximum absolute atomic E-state index is 13.0. The Morgan fingerprint density at radius 3 is 2.62 bits per heavy atom. The van der Waals surface area contributed by atoms with Gasteiger partial charge in [-0.1, -0.05) is 23.7 Å². The van der Waals surface area contributed by atoms with Crippen molar-refractivity contribution in [1.82, 2.24) is 4.90 Å². The van der Waals surface area contributed by atoms with Gasteiger partial charge in [-0.05, 0) is 49.6 Å². The molecule has 0 spiro atoms. The summed E-state index contributed by atoms with van der Waals surface area (Å²) in [5, 5.41) is 3.19. The minimum Gasteiger partial charge on any atom is -0.434 e. The quantitative estimate of drug-likeness (QED) is 0.642. The number of hydrogen-bond donors (Lipinski definition) is 1. The van der Waals surface area contributed by atoms with Gasteiger partial charge in [-0.15, -0.1) is 0 Å². The van der Waals surface area contributed by atoms with Gasteiger partial charge in [0.1, 0.15) is 5.75 Å². The SMILES string of the molecule is O=C(Nc1ccc(N2CCCC2=O)c(Cl)c1)C1CCCN(C(=O)c2ccccc2OC(F)F)C1. The van der Waals surface area contributed by atoms with Crippen molar-refractivity contribution >= 4 is 40.7 Å². The number of anilines is 2. The van der Waals surface area contributed by atoms with Crippen LogP contribution in [0.25, 0.3) is 0 Å². The second kappa shape index (κ2) is 10.4. The number of ether oxygens (including phenoxy) is 1. The Balaban J connectivity index is 1.42. The zero-order valence-corrected chi connectivity index (χ0v) is 19.1. The van der Waals surface area contributed by atoms with E-state index in [2.05, 4.69) is 10.1 Å². The number of nitrogens with zero attached hydrogens (tertiary/aromatic N) is 2. The smallest absolute Gasteiger partial charge is 0.387 e. The van der Waals surface area contributed by atoms with Gasteiger partial charge in [0.15, 0.2) is 0 Å². The van der Waals surface area contributed by atoms with Crippen molar-refractivity contribution in [2.75, 3.05) is 29.9 Å². The number of para-hydroxylation sites is 1. The molecule has 0 aromatic heterocycles. The van der Waals surface area contributed by atoms with E-state index in [1.165, 1.54) is 23.1 Å². The molecule has 2 fully saturated rings. The topological polar surface area (TPSA) is 79.0 Å². The standard InChI is InChI=1S/C24H24ClF2N3O4/c25-18-13-16(9-10-19(18)30-12-4-8-21(30)31)28-22(32)15-5-3-11-29(14-15)23(33)17-6-1-2-7-20(17)34-24(26)27/h1-2,6-7,9-10,13,15,24H,3-5,8,11-12,14H2,(H,28,32). The fraction of sp³-hybridized carbons (Fsp3) is 0.375. The van der Waals surface area contributed by atoms with Crippen molar-refractivity contribution in [2.45, 2.75) is 32.3 Å². The molecule has 3 amide bonds. The highest BCUT2D eigenvalue weighted by Gasteiger charge is 2.31. The summed E-state index contributed by atoms with van der Waals surface area (Å²) in [6.45, 7) is -1.87. The fourth-order valence-corrected chi connectivity index (χ4v) is 4.62. The molecular weight excluding hydrogens is 468 g/mol. The van der Waals surface area contributed by atoms with Gasteiger partial charge in [-0.3, -0.25) is 14.4 Å². The van der Waals surface area contributed by atoms with E-state index in [0.29, 0.717) is 48.7 Å².